The molecule has 1 N–H and O–H groups in total. The van der Waals surface area contributed by atoms with E-state index in [2.05, 4.69) is 0 Å². The van der Waals surface area contributed by atoms with Crippen molar-refractivity contribution in [2.24, 2.45) is 0 Å². The summed E-state index contributed by atoms with van der Waals surface area (Å²) < 4.78 is 39.2. The second kappa shape index (κ2) is 5.40. The number of halogens is 1. The number of likely N-dealkylation sites (N-methyl/N-ethyl adjacent to an activating group) is 1. The van der Waals surface area contributed by atoms with Crippen LogP contribution in [-0.2, 0) is 10.0 Å². The number of β-amino-alcohol motifs (C(OH)–C–C–N with tert-alkyl or cyclic N) is 1. The summed E-state index contributed by atoms with van der Waals surface area (Å²) in [6.07, 6.45) is 0.375. The summed E-state index contributed by atoms with van der Waals surface area (Å²) in [5, 5.41) is 10.4. The first-order chi connectivity index (χ1) is 9.23. The molecule has 1 aliphatic rings. The van der Waals surface area contributed by atoms with Gasteiger partial charge < -0.3 is 10.0 Å². The zero-order valence-corrected chi connectivity index (χ0v) is 12.4. The normalized spacial score (nSPS) is 24.4. The van der Waals surface area contributed by atoms with E-state index in [4.69, 9.17) is 0 Å². The molecule has 0 saturated carbocycles. The number of hydrogen-bond acceptors (Lipinski definition) is 4. The van der Waals surface area contributed by atoms with Gasteiger partial charge >= 0.3 is 0 Å². The summed E-state index contributed by atoms with van der Waals surface area (Å²) in [6.45, 7) is 0.662. The van der Waals surface area contributed by atoms with Crippen LogP contribution in [0.4, 0.5) is 4.39 Å². The van der Waals surface area contributed by atoms with Crippen LogP contribution in [0.15, 0.2) is 29.2 Å². The highest BCUT2D eigenvalue weighted by Gasteiger charge is 2.41. The number of rotatable bonds is 4. The topological polar surface area (TPSA) is 60.9 Å². The van der Waals surface area contributed by atoms with Crippen molar-refractivity contribution in [1.82, 2.24) is 9.21 Å². The molecule has 0 spiro atoms. The van der Waals surface area contributed by atoms with Crippen LogP contribution in [0, 0.1) is 5.82 Å². The largest absolute Gasteiger partial charge is 0.387 e. The van der Waals surface area contributed by atoms with Crippen molar-refractivity contribution in [2.75, 3.05) is 33.7 Å². The smallest absolute Gasteiger partial charge is 0.243 e. The van der Waals surface area contributed by atoms with Crippen molar-refractivity contribution < 1.29 is 17.9 Å². The fourth-order valence-corrected chi connectivity index (χ4v) is 4.07. The van der Waals surface area contributed by atoms with E-state index in [-0.39, 0.29) is 18.0 Å². The van der Waals surface area contributed by atoms with Gasteiger partial charge in [0, 0.05) is 19.6 Å². The lowest BCUT2D eigenvalue weighted by Crippen LogP contribution is -2.43. The van der Waals surface area contributed by atoms with Gasteiger partial charge in [0.15, 0.2) is 0 Å². The Kier molecular flexibility index (Phi) is 4.15. The van der Waals surface area contributed by atoms with Crippen LogP contribution >= 0.6 is 0 Å². The summed E-state index contributed by atoms with van der Waals surface area (Å²) in [4.78, 5) is 1.74. The van der Waals surface area contributed by atoms with E-state index in [0.717, 1.165) is 6.07 Å². The first-order valence-electron chi connectivity index (χ1n) is 6.36. The highest BCUT2D eigenvalue weighted by atomic mass is 32.2. The molecule has 0 unspecified atom stereocenters. The van der Waals surface area contributed by atoms with E-state index < -0.39 is 21.4 Å². The average molecular weight is 302 g/mol. The molecule has 1 saturated heterocycles. The van der Waals surface area contributed by atoms with Gasteiger partial charge in [-0.25, -0.2) is 12.8 Å². The zero-order chi connectivity index (χ0) is 15.0. The monoisotopic (exact) mass is 302 g/mol. The van der Waals surface area contributed by atoms with Gasteiger partial charge in [0.05, 0.1) is 10.5 Å². The zero-order valence-electron chi connectivity index (χ0n) is 11.6. The van der Waals surface area contributed by atoms with E-state index in [1.807, 2.05) is 19.0 Å². The lowest BCUT2D eigenvalue weighted by atomic mass is 10.0. The van der Waals surface area contributed by atoms with E-state index in [1.165, 1.54) is 22.5 Å². The van der Waals surface area contributed by atoms with Crippen LogP contribution in [0.3, 0.4) is 0 Å². The van der Waals surface area contributed by atoms with Gasteiger partial charge in [-0.1, -0.05) is 6.07 Å². The Morgan fingerprint density at radius 2 is 2.15 bits per heavy atom. The maximum Gasteiger partial charge on any atom is 0.243 e. The molecule has 1 fully saturated rings. The highest BCUT2D eigenvalue weighted by Crippen LogP contribution is 2.27. The first-order valence-corrected chi connectivity index (χ1v) is 7.80. The fraction of sp³-hybridized carbons (Fsp3) is 0.538. The van der Waals surface area contributed by atoms with Gasteiger partial charge in [0.25, 0.3) is 0 Å². The Bertz CT molecular complexity index is 591. The predicted molar refractivity (Wildman–Crippen MR) is 73.3 cm³/mol. The third-order valence-electron chi connectivity index (χ3n) is 3.34. The van der Waals surface area contributed by atoms with Gasteiger partial charge in [-0.05, 0) is 38.7 Å². The Morgan fingerprint density at radius 1 is 1.45 bits per heavy atom. The van der Waals surface area contributed by atoms with Crippen LogP contribution in [0.25, 0.3) is 0 Å². The molecule has 1 aromatic carbocycles. The molecule has 20 heavy (non-hydrogen) atoms. The Morgan fingerprint density at radius 3 is 2.75 bits per heavy atom. The van der Waals surface area contributed by atoms with E-state index in [9.17, 15) is 17.9 Å². The predicted octanol–water partition coefficient (Wildman–Crippen LogP) is 0.513. The fourth-order valence-electron chi connectivity index (χ4n) is 2.52. The van der Waals surface area contributed by atoms with Crippen molar-refractivity contribution in [2.45, 2.75) is 16.9 Å². The summed E-state index contributed by atoms with van der Waals surface area (Å²) in [6, 6.07) is 4.93. The standard InChI is InChI=1S/C13H19FN2O3S/c1-15(2)9-13(17)6-7-16(10-13)20(18,19)12-5-3-4-11(14)8-12/h3-5,8,17H,6-7,9-10H2,1-2H3/t13-/m1/s1. The number of aliphatic hydroxyl groups is 1. The summed E-state index contributed by atoms with van der Waals surface area (Å²) in [7, 11) is -0.111. The van der Waals surface area contributed by atoms with E-state index in [0.29, 0.717) is 13.0 Å². The summed E-state index contributed by atoms with van der Waals surface area (Å²) in [5.41, 5.74) is -1.05. The molecule has 5 nitrogen and oxygen atoms in total. The molecule has 1 heterocycles. The van der Waals surface area contributed by atoms with Gasteiger partial charge in [-0.2, -0.15) is 4.31 Å². The van der Waals surface area contributed by atoms with Gasteiger partial charge in [-0.15, -0.1) is 0 Å². The molecule has 7 heteroatoms. The Hall–Kier alpha value is -1.02. The molecule has 0 radical (unpaired) electrons. The molecule has 1 aromatic rings. The second-order valence-corrected chi connectivity index (χ2v) is 7.45. The molecule has 0 bridgehead atoms. The second-order valence-electron chi connectivity index (χ2n) is 5.51. The van der Waals surface area contributed by atoms with Crippen molar-refractivity contribution >= 4 is 10.0 Å². The number of nitrogens with zero attached hydrogens (tertiary/aromatic N) is 2. The van der Waals surface area contributed by atoms with Crippen molar-refractivity contribution in [3.63, 3.8) is 0 Å². The quantitative estimate of drug-likeness (QED) is 0.880. The minimum Gasteiger partial charge on any atom is -0.387 e. The molecule has 0 amide bonds. The van der Waals surface area contributed by atoms with Crippen molar-refractivity contribution in [3.05, 3.63) is 30.1 Å². The molecule has 2 rings (SSSR count). The third-order valence-corrected chi connectivity index (χ3v) is 5.18. The van der Waals surface area contributed by atoms with Gasteiger partial charge in [0.2, 0.25) is 10.0 Å². The van der Waals surface area contributed by atoms with Gasteiger partial charge in [0.1, 0.15) is 5.82 Å². The lowest BCUT2D eigenvalue weighted by Gasteiger charge is -2.26. The van der Waals surface area contributed by atoms with Crippen LogP contribution in [0.1, 0.15) is 6.42 Å². The number of hydrogen-bond donors (Lipinski definition) is 1. The molecular weight excluding hydrogens is 283 g/mol. The van der Waals surface area contributed by atoms with Crippen LogP contribution in [-0.4, -0.2) is 62.1 Å². The van der Waals surface area contributed by atoms with Crippen molar-refractivity contribution in [1.29, 1.82) is 0 Å². The maximum atomic E-state index is 13.2. The van der Waals surface area contributed by atoms with E-state index >= 15 is 0 Å². The van der Waals surface area contributed by atoms with Gasteiger partial charge in [-0.3, -0.25) is 0 Å². The third kappa shape index (κ3) is 3.17. The molecule has 0 aliphatic carbocycles. The lowest BCUT2D eigenvalue weighted by molar-refractivity contribution is 0.0302. The molecule has 1 aliphatic heterocycles. The number of benzene rings is 1. The number of sulfonamides is 1. The first kappa shape index (κ1) is 15.4. The molecule has 0 aromatic heterocycles. The summed E-state index contributed by atoms with van der Waals surface area (Å²) in [5.74, 6) is -0.589. The summed E-state index contributed by atoms with van der Waals surface area (Å²) >= 11 is 0. The highest BCUT2D eigenvalue weighted by molar-refractivity contribution is 7.89. The molecule has 112 valence electrons. The molecular formula is C13H19FN2O3S. The van der Waals surface area contributed by atoms with Crippen molar-refractivity contribution in [3.8, 4) is 0 Å². The maximum absolute atomic E-state index is 13.2. The minimum absolute atomic E-state index is 0.0318. The van der Waals surface area contributed by atoms with Crippen LogP contribution in [0.2, 0.25) is 0 Å². The van der Waals surface area contributed by atoms with Crippen LogP contribution < -0.4 is 0 Å². The Balaban J connectivity index is 2.21. The average Bonchev–Trinajstić information content (AvgIpc) is 2.71. The molecule has 1 atom stereocenters. The van der Waals surface area contributed by atoms with E-state index in [1.54, 1.807) is 0 Å². The Labute approximate surface area is 118 Å². The van der Waals surface area contributed by atoms with Crippen LogP contribution in [0.5, 0.6) is 0 Å². The minimum atomic E-state index is -3.75. The SMILES string of the molecule is CN(C)C[C@]1(O)CCN(S(=O)(=O)c2cccc(F)c2)C1.